The van der Waals surface area contributed by atoms with Crippen molar-refractivity contribution in [1.29, 1.82) is 0 Å². The Balaban J connectivity index is 2.00. The van der Waals surface area contributed by atoms with E-state index in [9.17, 15) is 14.7 Å². The Morgan fingerprint density at radius 3 is 2.61 bits per heavy atom. The van der Waals surface area contributed by atoms with E-state index in [-0.39, 0.29) is 18.1 Å². The zero-order chi connectivity index (χ0) is 13.3. The highest BCUT2D eigenvalue weighted by Crippen LogP contribution is 2.35. The zero-order valence-electron chi connectivity index (χ0n) is 11.0. The Hall–Kier alpha value is -1.10. The van der Waals surface area contributed by atoms with Crippen LogP contribution in [0.4, 0.5) is 0 Å². The number of carboxylic acid groups (broad SMARTS) is 1. The molecule has 0 bridgehead atoms. The highest BCUT2D eigenvalue weighted by atomic mass is 16.5. The Labute approximate surface area is 107 Å². The number of amides is 1. The largest absolute Gasteiger partial charge is 0.481 e. The summed E-state index contributed by atoms with van der Waals surface area (Å²) < 4.78 is 5.56. The van der Waals surface area contributed by atoms with Gasteiger partial charge in [-0.05, 0) is 32.6 Å². The molecule has 0 aromatic carbocycles. The molecule has 0 radical (unpaired) electrons. The molecule has 1 N–H and O–H groups in total. The fourth-order valence-electron chi connectivity index (χ4n) is 2.86. The van der Waals surface area contributed by atoms with Crippen LogP contribution in [-0.2, 0) is 14.3 Å². The van der Waals surface area contributed by atoms with E-state index < -0.39 is 11.4 Å². The van der Waals surface area contributed by atoms with Crippen molar-refractivity contribution in [3.05, 3.63) is 0 Å². The second-order valence-corrected chi connectivity index (χ2v) is 5.46. The average molecular weight is 255 g/mol. The summed E-state index contributed by atoms with van der Waals surface area (Å²) in [6.45, 7) is 4.69. The number of hydrogen-bond donors (Lipinski definition) is 1. The Bertz CT molecular complexity index is 357. The number of carbonyl (C=O) groups is 2. The standard InChI is InChI=1S/C13H21NO4/c1-3-13(12(16)17)6-7-14(8-13)11(15)10-5-4-9(2)18-10/h9-10H,3-8H2,1-2H3,(H,16,17). The maximum Gasteiger partial charge on any atom is 0.311 e. The highest BCUT2D eigenvalue weighted by molar-refractivity contribution is 5.83. The van der Waals surface area contributed by atoms with Gasteiger partial charge >= 0.3 is 5.97 Å². The summed E-state index contributed by atoms with van der Waals surface area (Å²) >= 11 is 0. The first kappa shape index (κ1) is 13.3. The van der Waals surface area contributed by atoms with Gasteiger partial charge < -0.3 is 14.7 Å². The minimum atomic E-state index is -0.791. The molecule has 2 fully saturated rings. The van der Waals surface area contributed by atoms with Gasteiger partial charge in [-0.1, -0.05) is 6.92 Å². The SMILES string of the molecule is CCC1(C(=O)O)CCN(C(=O)C2CCC(C)O2)C1. The number of carbonyl (C=O) groups excluding carboxylic acids is 1. The Morgan fingerprint density at radius 1 is 1.44 bits per heavy atom. The fraction of sp³-hybridized carbons (Fsp3) is 0.846. The number of likely N-dealkylation sites (tertiary alicyclic amines) is 1. The molecule has 102 valence electrons. The maximum atomic E-state index is 12.2. The van der Waals surface area contributed by atoms with Crippen molar-refractivity contribution >= 4 is 11.9 Å². The summed E-state index contributed by atoms with van der Waals surface area (Å²) in [6, 6.07) is 0. The number of carboxylic acids is 1. The molecule has 0 aliphatic carbocycles. The van der Waals surface area contributed by atoms with Crippen molar-refractivity contribution < 1.29 is 19.4 Å². The Kier molecular flexibility index (Phi) is 3.61. The summed E-state index contributed by atoms with van der Waals surface area (Å²) in [7, 11) is 0. The third-order valence-electron chi connectivity index (χ3n) is 4.30. The Morgan fingerprint density at radius 2 is 2.17 bits per heavy atom. The van der Waals surface area contributed by atoms with Crippen molar-refractivity contribution in [3.63, 3.8) is 0 Å². The molecule has 2 saturated heterocycles. The van der Waals surface area contributed by atoms with Gasteiger partial charge in [-0.15, -0.1) is 0 Å². The van der Waals surface area contributed by atoms with E-state index in [1.807, 2.05) is 13.8 Å². The molecule has 0 spiro atoms. The number of aliphatic carboxylic acids is 1. The average Bonchev–Trinajstić information content (AvgIpc) is 2.95. The van der Waals surface area contributed by atoms with E-state index in [0.717, 1.165) is 12.8 Å². The fourth-order valence-corrected chi connectivity index (χ4v) is 2.86. The molecule has 3 unspecified atom stereocenters. The van der Waals surface area contributed by atoms with Crippen LogP contribution < -0.4 is 0 Å². The lowest BCUT2D eigenvalue weighted by atomic mass is 9.84. The molecule has 2 aliphatic heterocycles. The number of ether oxygens (including phenoxy) is 1. The van der Waals surface area contributed by atoms with Crippen LogP contribution in [0.5, 0.6) is 0 Å². The monoisotopic (exact) mass is 255 g/mol. The number of nitrogens with zero attached hydrogens (tertiary/aromatic N) is 1. The molecule has 18 heavy (non-hydrogen) atoms. The first-order valence-corrected chi connectivity index (χ1v) is 6.66. The molecule has 5 nitrogen and oxygen atoms in total. The molecule has 2 aliphatic rings. The summed E-state index contributed by atoms with van der Waals surface area (Å²) in [5.41, 5.74) is -0.750. The molecule has 0 aromatic rings. The van der Waals surface area contributed by atoms with Gasteiger partial charge in [-0.2, -0.15) is 0 Å². The third kappa shape index (κ3) is 2.23. The topological polar surface area (TPSA) is 66.8 Å². The predicted molar refractivity (Wildman–Crippen MR) is 65.1 cm³/mol. The number of rotatable bonds is 3. The quantitative estimate of drug-likeness (QED) is 0.824. The van der Waals surface area contributed by atoms with E-state index in [4.69, 9.17) is 4.74 Å². The van der Waals surface area contributed by atoms with Crippen LogP contribution in [0.15, 0.2) is 0 Å². The van der Waals surface area contributed by atoms with E-state index in [1.165, 1.54) is 0 Å². The molecular formula is C13H21NO4. The summed E-state index contributed by atoms with van der Waals surface area (Å²) in [4.78, 5) is 25.2. The van der Waals surface area contributed by atoms with Gasteiger partial charge in [0.25, 0.3) is 5.91 Å². The summed E-state index contributed by atoms with van der Waals surface area (Å²) in [6.07, 6.45) is 2.55. The smallest absolute Gasteiger partial charge is 0.311 e. The summed E-state index contributed by atoms with van der Waals surface area (Å²) in [5, 5.41) is 9.30. The minimum absolute atomic E-state index is 0.0316. The molecular weight excluding hydrogens is 234 g/mol. The zero-order valence-corrected chi connectivity index (χ0v) is 11.0. The van der Waals surface area contributed by atoms with Crippen molar-refractivity contribution in [3.8, 4) is 0 Å². The molecule has 5 heteroatoms. The van der Waals surface area contributed by atoms with Gasteiger partial charge in [-0.25, -0.2) is 0 Å². The van der Waals surface area contributed by atoms with E-state index in [1.54, 1.807) is 4.90 Å². The number of hydrogen-bond acceptors (Lipinski definition) is 3. The van der Waals surface area contributed by atoms with Crippen LogP contribution in [-0.4, -0.2) is 47.2 Å². The second kappa shape index (κ2) is 4.88. The van der Waals surface area contributed by atoms with Crippen molar-refractivity contribution in [2.75, 3.05) is 13.1 Å². The molecule has 0 saturated carbocycles. The predicted octanol–water partition coefficient (Wildman–Crippen LogP) is 1.27. The van der Waals surface area contributed by atoms with Crippen LogP contribution in [0.1, 0.15) is 39.5 Å². The molecule has 1 amide bonds. The highest BCUT2D eigenvalue weighted by Gasteiger charge is 2.46. The molecule has 2 heterocycles. The third-order valence-corrected chi connectivity index (χ3v) is 4.30. The van der Waals surface area contributed by atoms with Gasteiger partial charge in [0, 0.05) is 13.1 Å². The summed E-state index contributed by atoms with van der Waals surface area (Å²) in [5.74, 6) is -0.822. The lowest BCUT2D eigenvalue weighted by Crippen LogP contribution is -2.41. The van der Waals surface area contributed by atoms with Gasteiger partial charge in [0.05, 0.1) is 11.5 Å². The molecule has 0 aromatic heterocycles. The van der Waals surface area contributed by atoms with Crippen LogP contribution in [0.2, 0.25) is 0 Å². The van der Waals surface area contributed by atoms with E-state index in [0.29, 0.717) is 25.9 Å². The lowest BCUT2D eigenvalue weighted by molar-refractivity contribution is -0.149. The van der Waals surface area contributed by atoms with Gasteiger partial charge in [0.1, 0.15) is 6.10 Å². The van der Waals surface area contributed by atoms with Gasteiger partial charge in [-0.3, -0.25) is 9.59 Å². The van der Waals surface area contributed by atoms with E-state index in [2.05, 4.69) is 0 Å². The molecule has 3 atom stereocenters. The molecule has 2 rings (SSSR count). The first-order chi connectivity index (χ1) is 8.48. The second-order valence-electron chi connectivity index (χ2n) is 5.46. The van der Waals surface area contributed by atoms with Crippen molar-refractivity contribution in [2.45, 2.75) is 51.7 Å². The van der Waals surface area contributed by atoms with Crippen LogP contribution in [0.25, 0.3) is 0 Å². The normalized spacial score (nSPS) is 36.0. The maximum absolute atomic E-state index is 12.2. The first-order valence-electron chi connectivity index (χ1n) is 6.66. The van der Waals surface area contributed by atoms with Gasteiger partial charge in [0.2, 0.25) is 0 Å². The van der Waals surface area contributed by atoms with Crippen LogP contribution in [0, 0.1) is 5.41 Å². The van der Waals surface area contributed by atoms with E-state index >= 15 is 0 Å². The van der Waals surface area contributed by atoms with Crippen LogP contribution >= 0.6 is 0 Å². The van der Waals surface area contributed by atoms with Crippen LogP contribution in [0.3, 0.4) is 0 Å². The minimum Gasteiger partial charge on any atom is -0.481 e. The lowest BCUT2D eigenvalue weighted by Gasteiger charge is -2.24. The van der Waals surface area contributed by atoms with Crippen molar-refractivity contribution in [1.82, 2.24) is 4.90 Å². The van der Waals surface area contributed by atoms with Crippen molar-refractivity contribution in [2.24, 2.45) is 5.41 Å². The van der Waals surface area contributed by atoms with Gasteiger partial charge in [0.15, 0.2) is 0 Å².